The van der Waals surface area contributed by atoms with Crippen molar-refractivity contribution in [2.24, 2.45) is 0 Å². The maximum atomic E-state index is 13.3. The summed E-state index contributed by atoms with van der Waals surface area (Å²) in [6, 6.07) is 7.28. The minimum atomic E-state index is -0.667. The van der Waals surface area contributed by atoms with E-state index in [-0.39, 0.29) is 11.3 Å². The van der Waals surface area contributed by atoms with E-state index in [0.717, 1.165) is 6.07 Å². The zero-order valence-corrected chi connectivity index (χ0v) is 9.53. The Morgan fingerprint density at radius 3 is 2.83 bits per heavy atom. The number of rotatable bonds is 2. The lowest BCUT2D eigenvalue weighted by molar-refractivity contribution is 0.102. The van der Waals surface area contributed by atoms with Gasteiger partial charge in [0.25, 0.3) is 5.91 Å². The Kier molecular flexibility index (Phi) is 3.11. The molecule has 0 bridgehead atoms. The van der Waals surface area contributed by atoms with Crippen LogP contribution in [0.3, 0.4) is 0 Å². The number of carbonyl (C=O) groups excluding carboxylic acids is 1. The first kappa shape index (κ1) is 11.9. The molecule has 4 nitrogen and oxygen atoms in total. The zero-order valence-electron chi connectivity index (χ0n) is 9.53. The van der Waals surface area contributed by atoms with Gasteiger partial charge in [-0.25, -0.2) is 4.39 Å². The smallest absolute Gasteiger partial charge is 0.259 e. The Morgan fingerprint density at radius 2 is 2.22 bits per heavy atom. The second kappa shape index (κ2) is 4.72. The van der Waals surface area contributed by atoms with Gasteiger partial charge in [-0.2, -0.15) is 5.26 Å². The van der Waals surface area contributed by atoms with Crippen molar-refractivity contribution in [3.05, 3.63) is 53.2 Å². The molecule has 18 heavy (non-hydrogen) atoms. The van der Waals surface area contributed by atoms with Crippen LogP contribution >= 0.6 is 0 Å². The number of nitrogens with one attached hydrogen (secondary N) is 1. The molecule has 0 atom stereocenters. The average molecular weight is 244 g/mol. The number of aryl methyl sites for hydroxylation is 1. The van der Waals surface area contributed by atoms with E-state index in [1.807, 2.05) is 0 Å². The van der Waals surface area contributed by atoms with Crippen molar-refractivity contribution in [3.63, 3.8) is 0 Å². The maximum absolute atomic E-state index is 13.3. The number of hydrogen-bond donors (Lipinski definition) is 1. The highest BCUT2D eigenvalue weighted by Gasteiger charge is 2.14. The molecular formula is C13H9FN2O2. The van der Waals surface area contributed by atoms with Crippen molar-refractivity contribution in [1.82, 2.24) is 0 Å². The Morgan fingerprint density at radius 1 is 1.44 bits per heavy atom. The van der Waals surface area contributed by atoms with Gasteiger partial charge in [0, 0.05) is 0 Å². The predicted molar refractivity (Wildman–Crippen MR) is 62.5 cm³/mol. The van der Waals surface area contributed by atoms with Crippen LogP contribution in [-0.4, -0.2) is 5.91 Å². The molecule has 0 unspecified atom stereocenters. The fourth-order valence-electron chi connectivity index (χ4n) is 1.55. The van der Waals surface area contributed by atoms with E-state index in [9.17, 15) is 9.18 Å². The van der Waals surface area contributed by atoms with Crippen LogP contribution in [0.2, 0.25) is 0 Å². The molecule has 0 aliphatic rings. The van der Waals surface area contributed by atoms with Gasteiger partial charge in [0.1, 0.15) is 23.2 Å². The lowest BCUT2D eigenvalue weighted by Crippen LogP contribution is -2.13. The van der Waals surface area contributed by atoms with Crippen LogP contribution in [0.15, 0.2) is 34.9 Å². The summed E-state index contributed by atoms with van der Waals surface area (Å²) in [4.78, 5) is 11.9. The highest BCUT2D eigenvalue weighted by atomic mass is 19.1. The first-order valence-corrected chi connectivity index (χ1v) is 5.17. The number of benzene rings is 1. The fourth-order valence-corrected chi connectivity index (χ4v) is 1.55. The van der Waals surface area contributed by atoms with Gasteiger partial charge in [0.15, 0.2) is 0 Å². The summed E-state index contributed by atoms with van der Waals surface area (Å²) in [6.07, 6.45) is 1.39. The monoisotopic (exact) mass is 244 g/mol. The molecule has 1 aromatic carbocycles. The molecule has 0 saturated carbocycles. The van der Waals surface area contributed by atoms with E-state index in [0.29, 0.717) is 11.3 Å². The van der Waals surface area contributed by atoms with Gasteiger partial charge >= 0.3 is 0 Å². The van der Waals surface area contributed by atoms with E-state index < -0.39 is 11.7 Å². The molecule has 1 heterocycles. The summed E-state index contributed by atoms with van der Waals surface area (Å²) in [5, 5.41) is 11.3. The highest BCUT2D eigenvalue weighted by molar-refractivity contribution is 6.05. The molecule has 0 radical (unpaired) electrons. The quantitative estimate of drug-likeness (QED) is 0.883. The summed E-state index contributed by atoms with van der Waals surface area (Å²) >= 11 is 0. The molecular weight excluding hydrogens is 235 g/mol. The number of furan rings is 1. The van der Waals surface area contributed by atoms with Gasteiger partial charge in [0.2, 0.25) is 0 Å². The van der Waals surface area contributed by atoms with Gasteiger partial charge in [-0.3, -0.25) is 4.79 Å². The summed E-state index contributed by atoms with van der Waals surface area (Å²) in [6.45, 7) is 1.64. The molecule has 1 N–H and O–H groups in total. The van der Waals surface area contributed by atoms with Crippen LogP contribution in [-0.2, 0) is 0 Å². The van der Waals surface area contributed by atoms with E-state index >= 15 is 0 Å². The summed E-state index contributed by atoms with van der Waals surface area (Å²) in [5.41, 5.74) is 0.304. The molecule has 2 rings (SSSR count). The first-order valence-electron chi connectivity index (χ1n) is 5.17. The standard InChI is InChI=1S/C13H9FN2O2/c1-8-9(5-6-18-8)13(17)16-12-4-2-3-11(14)10(12)7-15/h2-6H,1H3,(H,16,17). The molecule has 90 valence electrons. The van der Waals surface area contributed by atoms with Crippen molar-refractivity contribution in [2.45, 2.75) is 6.92 Å². The molecule has 0 saturated heterocycles. The van der Waals surface area contributed by atoms with Gasteiger partial charge in [-0.1, -0.05) is 6.07 Å². The van der Waals surface area contributed by atoms with Crippen LogP contribution in [0, 0.1) is 24.1 Å². The van der Waals surface area contributed by atoms with Gasteiger partial charge in [-0.05, 0) is 25.1 Å². The number of carbonyl (C=O) groups is 1. The second-order valence-corrected chi connectivity index (χ2v) is 3.62. The molecule has 0 aliphatic carbocycles. The van der Waals surface area contributed by atoms with E-state index in [1.54, 1.807) is 13.0 Å². The van der Waals surface area contributed by atoms with E-state index in [4.69, 9.17) is 9.68 Å². The molecule has 0 aliphatic heterocycles. The highest BCUT2D eigenvalue weighted by Crippen LogP contribution is 2.19. The predicted octanol–water partition coefficient (Wildman–Crippen LogP) is 2.85. The van der Waals surface area contributed by atoms with Gasteiger partial charge < -0.3 is 9.73 Å². The Balaban J connectivity index is 2.31. The number of anilines is 1. The lowest BCUT2D eigenvalue weighted by Gasteiger charge is -2.06. The summed E-state index contributed by atoms with van der Waals surface area (Å²) in [5.74, 6) is -0.648. The number of nitrogens with zero attached hydrogens (tertiary/aromatic N) is 1. The van der Waals surface area contributed by atoms with E-state index in [1.165, 1.54) is 24.5 Å². The van der Waals surface area contributed by atoms with Gasteiger partial charge in [-0.15, -0.1) is 0 Å². The zero-order chi connectivity index (χ0) is 13.1. The third-order valence-corrected chi connectivity index (χ3v) is 2.48. The third-order valence-electron chi connectivity index (χ3n) is 2.48. The SMILES string of the molecule is Cc1occc1C(=O)Nc1cccc(F)c1C#N. The van der Waals surface area contributed by atoms with Crippen molar-refractivity contribution in [2.75, 3.05) is 5.32 Å². The normalized spacial score (nSPS) is 9.83. The van der Waals surface area contributed by atoms with Gasteiger partial charge in [0.05, 0.1) is 17.5 Å². The number of halogens is 1. The number of hydrogen-bond acceptors (Lipinski definition) is 3. The van der Waals surface area contributed by atoms with Crippen molar-refractivity contribution in [3.8, 4) is 6.07 Å². The molecule has 5 heteroatoms. The van der Waals surface area contributed by atoms with Crippen LogP contribution in [0.1, 0.15) is 21.7 Å². The van der Waals surface area contributed by atoms with Crippen LogP contribution < -0.4 is 5.32 Å². The topological polar surface area (TPSA) is 66.0 Å². The number of nitriles is 1. The van der Waals surface area contributed by atoms with Crippen molar-refractivity contribution < 1.29 is 13.6 Å². The van der Waals surface area contributed by atoms with Crippen molar-refractivity contribution >= 4 is 11.6 Å². The Hall–Kier alpha value is -2.61. The molecule has 1 aromatic heterocycles. The summed E-state index contributed by atoms with van der Waals surface area (Å²) < 4.78 is 18.3. The maximum Gasteiger partial charge on any atom is 0.259 e. The molecule has 1 amide bonds. The Bertz CT molecular complexity index is 641. The van der Waals surface area contributed by atoms with Crippen LogP contribution in [0.25, 0.3) is 0 Å². The molecule has 0 fully saturated rings. The second-order valence-electron chi connectivity index (χ2n) is 3.62. The molecule has 2 aromatic rings. The lowest BCUT2D eigenvalue weighted by atomic mass is 10.1. The Labute approximate surface area is 103 Å². The largest absolute Gasteiger partial charge is 0.469 e. The van der Waals surface area contributed by atoms with Crippen LogP contribution in [0.5, 0.6) is 0 Å². The fraction of sp³-hybridized carbons (Fsp3) is 0.0769. The summed E-state index contributed by atoms with van der Waals surface area (Å²) in [7, 11) is 0. The van der Waals surface area contributed by atoms with Crippen LogP contribution in [0.4, 0.5) is 10.1 Å². The van der Waals surface area contributed by atoms with E-state index in [2.05, 4.69) is 5.32 Å². The van der Waals surface area contributed by atoms with Crippen molar-refractivity contribution in [1.29, 1.82) is 5.26 Å². The molecule has 0 spiro atoms. The first-order chi connectivity index (χ1) is 8.63. The number of amides is 1. The minimum absolute atomic E-state index is 0.142. The third kappa shape index (κ3) is 2.09. The minimum Gasteiger partial charge on any atom is -0.469 e. The average Bonchev–Trinajstić information content (AvgIpc) is 2.76.